The van der Waals surface area contributed by atoms with Crippen LogP contribution in [0.3, 0.4) is 0 Å². The van der Waals surface area contributed by atoms with Gasteiger partial charge in [-0.1, -0.05) is 0 Å². The standard InChI is InChI=1S/C16H20N4O/c1-12-11-15(18-19(12)2)16(21)17-13-5-7-14(8-6-13)20-9-3-4-10-20/h5-8,11H,3-4,9-10H2,1-2H3,(H,17,21). The van der Waals surface area contributed by atoms with Gasteiger partial charge in [-0.05, 0) is 50.1 Å². The van der Waals surface area contributed by atoms with Crippen molar-refractivity contribution in [3.8, 4) is 0 Å². The molecule has 1 aliphatic heterocycles. The van der Waals surface area contributed by atoms with Crippen molar-refractivity contribution in [2.45, 2.75) is 19.8 Å². The second kappa shape index (κ2) is 5.60. The van der Waals surface area contributed by atoms with Gasteiger partial charge in [0.25, 0.3) is 5.91 Å². The van der Waals surface area contributed by atoms with Crippen molar-refractivity contribution in [2.24, 2.45) is 7.05 Å². The monoisotopic (exact) mass is 284 g/mol. The molecule has 110 valence electrons. The van der Waals surface area contributed by atoms with E-state index >= 15 is 0 Å². The van der Waals surface area contributed by atoms with Crippen molar-refractivity contribution in [3.05, 3.63) is 41.7 Å². The Hall–Kier alpha value is -2.30. The maximum Gasteiger partial charge on any atom is 0.276 e. The number of aromatic nitrogens is 2. The number of rotatable bonds is 3. The molecule has 1 fully saturated rings. The van der Waals surface area contributed by atoms with E-state index < -0.39 is 0 Å². The number of anilines is 2. The van der Waals surface area contributed by atoms with Crippen molar-refractivity contribution >= 4 is 17.3 Å². The third kappa shape index (κ3) is 2.91. The maximum atomic E-state index is 12.1. The van der Waals surface area contributed by atoms with E-state index in [2.05, 4.69) is 27.4 Å². The number of hydrogen-bond donors (Lipinski definition) is 1. The summed E-state index contributed by atoms with van der Waals surface area (Å²) in [5.41, 5.74) is 3.42. The molecule has 0 aliphatic carbocycles. The first-order valence-electron chi connectivity index (χ1n) is 7.30. The van der Waals surface area contributed by atoms with E-state index in [1.54, 1.807) is 10.7 Å². The van der Waals surface area contributed by atoms with Gasteiger partial charge in [-0.15, -0.1) is 0 Å². The largest absolute Gasteiger partial charge is 0.372 e. The Labute approximate surface area is 124 Å². The molecule has 5 nitrogen and oxygen atoms in total. The normalized spacial score (nSPS) is 14.5. The van der Waals surface area contributed by atoms with Crippen LogP contribution in [0.1, 0.15) is 29.0 Å². The third-order valence-corrected chi connectivity index (χ3v) is 3.94. The molecule has 1 saturated heterocycles. The van der Waals surface area contributed by atoms with Crippen molar-refractivity contribution < 1.29 is 4.79 Å². The Morgan fingerprint density at radius 2 is 1.86 bits per heavy atom. The fraction of sp³-hybridized carbons (Fsp3) is 0.375. The average Bonchev–Trinajstić information content (AvgIpc) is 3.11. The van der Waals surface area contributed by atoms with Gasteiger partial charge in [-0.3, -0.25) is 9.48 Å². The smallest absolute Gasteiger partial charge is 0.276 e. The van der Waals surface area contributed by atoms with Gasteiger partial charge in [-0.25, -0.2) is 0 Å². The summed E-state index contributed by atoms with van der Waals surface area (Å²) in [6.07, 6.45) is 2.52. The number of nitrogens with zero attached hydrogens (tertiary/aromatic N) is 3. The van der Waals surface area contributed by atoms with Crippen LogP contribution < -0.4 is 10.2 Å². The predicted octanol–water partition coefficient (Wildman–Crippen LogP) is 2.58. The lowest BCUT2D eigenvalue weighted by Gasteiger charge is -2.17. The summed E-state index contributed by atoms with van der Waals surface area (Å²) in [6, 6.07) is 9.80. The van der Waals surface area contributed by atoms with Crippen molar-refractivity contribution in [2.75, 3.05) is 23.3 Å². The van der Waals surface area contributed by atoms with Gasteiger partial charge in [-0.2, -0.15) is 5.10 Å². The molecule has 0 radical (unpaired) electrons. The highest BCUT2D eigenvalue weighted by Crippen LogP contribution is 2.22. The maximum absolute atomic E-state index is 12.1. The number of carbonyl (C=O) groups excluding carboxylic acids is 1. The number of hydrogen-bond acceptors (Lipinski definition) is 3. The van der Waals surface area contributed by atoms with Crippen molar-refractivity contribution in [1.82, 2.24) is 9.78 Å². The van der Waals surface area contributed by atoms with Crippen LogP contribution in [0.25, 0.3) is 0 Å². The molecule has 0 spiro atoms. The zero-order chi connectivity index (χ0) is 14.8. The summed E-state index contributed by atoms with van der Waals surface area (Å²) in [5.74, 6) is -0.173. The molecule has 1 aromatic carbocycles. The minimum absolute atomic E-state index is 0.173. The highest BCUT2D eigenvalue weighted by atomic mass is 16.1. The Kier molecular flexibility index (Phi) is 3.64. The fourth-order valence-electron chi connectivity index (χ4n) is 2.60. The van der Waals surface area contributed by atoms with E-state index in [1.165, 1.54) is 18.5 Å². The van der Waals surface area contributed by atoms with Crippen molar-refractivity contribution in [3.63, 3.8) is 0 Å². The quantitative estimate of drug-likeness (QED) is 0.942. The van der Waals surface area contributed by atoms with Crippen LogP contribution in [-0.2, 0) is 7.05 Å². The Morgan fingerprint density at radius 3 is 2.43 bits per heavy atom. The SMILES string of the molecule is Cc1cc(C(=O)Nc2ccc(N3CCCC3)cc2)nn1C. The highest BCUT2D eigenvalue weighted by Gasteiger charge is 2.13. The molecule has 21 heavy (non-hydrogen) atoms. The molecular weight excluding hydrogens is 264 g/mol. The number of amides is 1. The van der Waals surface area contributed by atoms with Crippen LogP contribution in [0.4, 0.5) is 11.4 Å². The van der Waals surface area contributed by atoms with E-state index in [9.17, 15) is 4.79 Å². The molecule has 2 heterocycles. The highest BCUT2D eigenvalue weighted by molar-refractivity contribution is 6.03. The zero-order valence-corrected chi connectivity index (χ0v) is 12.5. The van der Waals surface area contributed by atoms with Gasteiger partial charge < -0.3 is 10.2 Å². The number of nitrogens with one attached hydrogen (secondary N) is 1. The second-order valence-electron chi connectivity index (χ2n) is 5.49. The van der Waals surface area contributed by atoms with Gasteiger partial charge in [0.2, 0.25) is 0 Å². The average molecular weight is 284 g/mol. The Balaban J connectivity index is 1.68. The molecule has 0 saturated carbocycles. The summed E-state index contributed by atoms with van der Waals surface area (Å²) in [7, 11) is 1.83. The van der Waals surface area contributed by atoms with Gasteiger partial charge >= 0.3 is 0 Å². The lowest BCUT2D eigenvalue weighted by atomic mass is 10.2. The molecule has 0 bridgehead atoms. The number of carbonyl (C=O) groups is 1. The molecule has 1 amide bonds. The Morgan fingerprint density at radius 1 is 1.19 bits per heavy atom. The minimum atomic E-state index is -0.173. The van der Waals surface area contributed by atoms with E-state index in [4.69, 9.17) is 0 Å². The van der Waals surface area contributed by atoms with Crippen LogP contribution in [0, 0.1) is 6.92 Å². The first kappa shape index (κ1) is 13.7. The molecule has 0 unspecified atom stereocenters. The van der Waals surface area contributed by atoms with Gasteiger partial charge in [0.15, 0.2) is 5.69 Å². The summed E-state index contributed by atoms with van der Waals surface area (Å²) in [5, 5.41) is 7.07. The molecule has 0 atom stereocenters. The predicted molar refractivity (Wildman–Crippen MR) is 83.8 cm³/mol. The number of aryl methyl sites for hydroxylation is 2. The first-order valence-corrected chi connectivity index (χ1v) is 7.30. The topological polar surface area (TPSA) is 50.2 Å². The minimum Gasteiger partial charge on any atom is -0.372 e. The zero-order valence-electron chi connectivity index (χ0n) is 12.5. The van der Waals surface area contributed by atoms with Crippen molar-refractivity contribution in [1.29, 1.82) is 0 Å². The van der Waals surface area contributed by atoms with Crippen LogP contribution in [0.5, 0.6) is 0 Å². The van der Waals surface area contributed by atoms with E-state index in [1.807, 2.05) is 26.1 Å². The van der Waals surface area contributed by atoms with E-state index in [0.717, 1.165) is 24.5 Å². The molecule has 1 aliphatic rings. The summed E-state index contributed by atoms with van der Waals surface area (Å²) in [6.45, 7) is 4.17. The summed E-state index contributed by atoms with van der Waals surface area (Å²) >= 11 is 0. The van der Waals surface area contributed by atoms with Crippen LogP contribution >= 0.6 is 0 Å². The number of benzene rings is 1. The van der Waals surface area contributed by atoms with Gasteiger partial charge in [0, 0.05) is 37.2 Å². The molecule has 3 rings (SSSR count). The molecule has 5 heteroatoms. The van der Waals surface area contributed by atoms with Crippen LogP contribution in [0.15, 0.2) is 30.3 Å². The summed E-state index contributed by atoms with van der Waals surface area (Å²) in [4.78, 5) is 14.5. The van der Waals surface area contributed by atoms with Crippen LogP contribution in [0.2, 0.25) is 0 Å². The molecule has 1 N–H and O–H groups in total. The fourth-order valence-corrected chi connectivity index (χ4v) is 2.60. The third-order valence-electron chi connectivity index (χ3n) is 3.94. The van der Waals surface area contributed by atoms with E-state index in [0.29, 0.717) is 5.69 Å². The first-order chi connectivity index (χ1) is 10.1. The lowest BCUT2D eigenvalue weighted by molar-refractivity contribution is 0.102. The van der Waals surface area contributed by atoms with Gasteiger partial charge in [0.1, 0.15) is 0 Å². The Bertz CT molecular complexity index is 619. The lowest BCUT2D eigenvalue weighted by Crippen LogP contribution is -2.17. The summed E-state index contributed by atoms with van der Waals surface area (Å²) < 4.78 is 1.70. The second-order valence-corrected chi connectivity index (χ2v) is 5.49. The van der Waals surface area contributed by atoms with Crippen LogP contribution in [-0.4, -0.2) is 28.8 Å². The molecule has 1 aromatic heterocycles. The van der Waals surface area contributed by atoms with Gasteiger partial charge in [0.05, 0.1) is 0 Å². The van der Waals surface area contributed by atoms with E-state index in [-0.39, 0.29) is 5.91 Å². The molecule has 2 aromatic rings. The molecular formula is C16H20N4O.